The molecule has 26 aromatic rings. The van der Waals surface area contributed by atoms with Crippen molar-refractivity contribution < 1.29 is 0 Å². The minimum absolute atomic E-state index is 0.637. The quantitative estimate of drug-likeness (QED) is 0.129. The van der Waals surface area contributed by atoms with Crippen molar-refractivity contribution in [2.45, 2.75) is 0 Å². The second kappa shape index (κ2) is 29.5. The zero-order chi connectivity index (χ0) is 82.9. The Morgan fingerprint density at radius 3 is 0.802 bits per heavy atom. The van der Waals surface area contributed by atoms with Crippen molar-refractivity contribution >= 4 is 141 Å². The Kier molecular flexibility index (Phi) is 16.8. The highest BCUT2D eigenvalue weighted by Gasteiger charge is 2.24. The first-order valence-electron chi connectivity index (χ1n) is 43.0. The number of hydrogen-bond donors (Lipinski definition) is 0. The van der Waals surface area contributed by atoms with Crippen molar-refractivity contribution in [2.75, 3.05) is 0 Å². The average Bonchev–Trinajstić information content (AvgIpc) is 1.46. The summed E-state index contributed by atoms with van der Waals surface area (Å²) in [7, 11) is 0. The van der Waals surface area contributed by atoms with Gasteiger partial charge in [0.2, 0.25) is 11.9 Å². The monoisotopic (exact) mass is 1600 g/mol. The Morgan fingerprint density at radius 2 is 0.405 bits per heavy atom. The van der Waals surface area contributed by atoms with Crippen LogP contribution in [0.2, 0.25) is 0 Å². The van der Waals surface area contributed by atoms with Crippen molar-refractivity contribution in [1.82, 2.24) is 38.2 Å². The zero-order valence-electron chi connectivity index (χ0n) is 68.3. The summed E-state index contributed by atoms with van der Waals surface area (Å²) in [6, 6.07) is 162. The summed E-state index contributed by atoms with van der Waals surface area (Å²) in [5, 5.41) is 21.5. The van der Waals surface area contributed by atoms with Gasteiger partial charge in [-0.1, -0.05) is 322 Å². The fourth-order valence-electron chi connectivity index (χ4n) is 19.5. The Bertz CT molecular complexity index is 8750. The summed E-state index contributed by atoms with van der Waals surface area (Å²) in [6.45, 7) is 0. The van der Waals surface area contributed by atoms with Gasteiger partial charge in [0.15, 0.2) is 0 Å². The lowest BCUT2D eigenvalue weighted by Gasteiger charge is -2.13. The highest BCUT2D eigenvalue weighted by atomic mass is 15.2. The molecule has 0 aliphatic carbocycles. The molecule has 6 aromatic heterocycles. The lowest BCUT2D eigenvalue weighted by atomic mass is 10.0. The van der Waals surface area contributed by atoms with Crippen LogP contribution in [0.25, 0.3) is 243 Å². The van der Waals surface area contributed by atoms with Crippen molar-refractivity contribution in [1.29, 1.82) is 0 Å². The van der Waals surface area contributed by atoms with Gasteiger partial charge in [-0.2, -0.15) is 0 Å². The molecule has 0 N–H and O–H groups in total. The molecule has 20 aromatic carbocycles. The van der Waals surface area contributed by atoms with Crippen LogP contribution >= 0.6 is 0 Å². The van der Waals surface area contributed by atoms with Crippen LogP contribution in [0.3, 0.4) is 0 Å². The van der Waals surface area contributed by atoms with E-state index in [1.807, 2.05) is 0 Å². The summed E-state index contributed by atoms with van der Waals surface area (Å²) < 4.78 is 9.30. The summed E-state index contributed by atoms with van der Waals surface area (Å²) in [5.74, 6) is 1.28. The minimum atomic E-state index is 0.637. The first-order valence-corrected chi connectivity index (χ1v) is 43.0. The maximum absolute atomic E-state index is 5.38. The molecule has 0 amide bonds. The third-order valence-corrected chi connectivity index (χ3v) is 25.6. The van der Waals surface area contributed by atoms with E-state index in [0.29, 0.717) is 11.9 Å². The fraction of sp³-hybridized carbons (Fsp3) is 0. The fourth-order valence-corrected chi connectivity index (χ4v) is 19.5. The van der Waals surface area contributed by atoms with E-state index in [9.17, 15) is 0 Å². The number of fused-ring (bicyclic) bond motifs is 17. The van der Waals surface area contributed by atoms with Gasteiger partial charge >= 0.3 is 0 Å². The molecule has 0 saturated carbocycles. The molecule has 0 bridgehead atoms. The number of rotatable bonds is 11. The molecule has 26 rings (SSSR count). The molecule has 8 heteroatoms. The van der Waals surface area contributed by atoms with Gasteiger partial charge in [0.1, 0.15) is 0 Å². The Hall–Kier alpha value is -16.9. The lowest BCUT2D eigenvalue weighted by Crippen LogP contribution is -2.04. The molecule has 0 aliphatic rings. The summed E-state index contributed by atoms with van der Waals surface area (Å²) in [4.78, 5) is 21.5. The molecule has 8 nitrogen and oxygen atoms in total. The van der Waals surface area contributed by atoms with E-state index in [-0.39, 0.29) is 0 Å². The third kappa shape index (κ3) is 12.2. The molecule has 0 saturated heterocycles. The highest BCUT2D eigenvalue weighted by Crippen LogP contribution is 2.44. The standard InChI is InChI=1S/C60H38N4.C58H36N4/c1-2-13-39(14-3-1)44-19-12-20-49(35-44)63-56-23-10-8-21-50(56)52-36-45(29-31-58(52)63)46-30-32-59-53(37-46)51-22-9-11-24-57(51)64(59)60-61-54(47-27-25-40-15-4-6-17-42(40)33-47)38-55(62-60)48-28-26-41-16-5-7-18-43(41)34-48;1-3-15-40-32-44(26-24-37(40)12-1)51-36-52(45-27-25-38-13-2-4-16-41(38)33-45)60-58(59-51)62-55-22-10-8-20-48(55)50-35-43(29-31-57(50)62)42-28-30-56-49(34-42)47-19-7-9-21-54(47)61(56)53-23-11-17-39-14-5-6-18-46(39)53/h1-38H;1-36H. The molecule has 0 aliphatic heterocycles. The highest BCUT2D eigenvalue weighted by molar-refractivity contribution is 6.16. The number of hydrogen-bond acceptors (Lipinski definition) is 4. The average molecular weight is 1600 g/mol. The minimum Gasteiger partial charge on any atom is -0.309 e. The van der Waals surface area contributed by atoms with Gasteiger partial charge in [-0.05, 0) is 209 Å². The van der Waals surface area contributed by atoms with Crippen LogP contribution in [0, 0.1) is 0 Å². The lowest BCUT2D eigenvalue weighted by molar-refractivity contribution is 0.995. The molecule has 0 unspecified atom stereocenters. The van der Waals surface area contributed by atoms with E-state index in [1.165, 1.54) is 125 Å². The molecule has 0 atom stereocenters. The first-order chi connectivity index (χ1) is 62.4. The number of nitrogens with zero attached hydrogens (tertiary/aromatic N) is 8. The predicted molar refractivity (Wildman–Crippen MR) is 527 cm³/mol. The van der Waals surface area contributed by atoms with Gasteiger partial charge in [-0.25, -0.2) is 19.9 Å². The Labute approximate surface area is 725 Å². The van der Waals surface area contributed by atoms with Crippen molar-refractivity contribution in [2.24, 2.45) is 0 Å². The normalized spacial score (nSPS) is 11.8. The van der Waals surface area contributed by atoms with Gasteiger partial charge in [0.25, 0.3) is 0 Å². The molecule has 126 heavy (non-hydrogen) atoms. The smallest absolute Gasteiger partial charge is 0.235 e. The SMILES string of the molecule is c1ccc(-c2cccc(-n3c4ccccc4c4cc(-c5ccc6c(c5)c5ccccc5n6-c5nc(-c6ccc7ccccc7c6)cc(-c6ccc7ccccc7c6)n5)ccc43)c2)cc1.c1ccc2cc(-c3cc(-c4ccc5ccccc5c4)nc(-n4c5ccccc5c5cc(-c6ccc7c(c6)c6ccccc6n7-c6cccc7ccccc67)ccc54)n3)ccc2c1. The van der Waals surface area contributed by atoms with Crippen LogP contribution in [0.15, 0.2) is 449 Å². The van der Waals surface area contributed by atoms with Gasteiger partial charge in [-0.3, -0.25) is 9.13 Å². The van der Waals surface area contributed by atoms with Gasteiger partial charge < -0.3 is 9.13 Å². The van der Waals surface area contributed by atoms with Gasteiger partial charge in [0.05, 0.1) is 72.6 Å². The number of para-hydroxylation sites is 4. The largest absolute Gasteiger partial charge is 0.309 e. The van der Waals surface area contributed by atoms with Crippen LogP contribution in [0.1, 0.15) is 0 Å². The summed E-state index contributed by atoms with van der Waals surface area (Å²) in [6.07, 6.45) is 0. The third-order valence-electron chi connectivity index (χ3n) is 25.6. The van der Waals surface area contributed by atoms with Crippen molar-refractivity contribution in [3.63, 3.8) is 0 Å². The molecular weight excluding hydrogens is 1530 g/mol. The maximum atomic E-state index is 5.38. The molecular formula is C118H74N8. The predicted octanol–water partition coefficient (Wildman–Crippen LogP) is 30.8. The van der Waals surface area contributed by atoms with Crippen LogP contribution in [-0.4, -0.2) is 38.2 Å². The molecule has 0 spiro atoms. The van der Waals surface area contributed by atoms with E-state index >= 15 is 0 Å². The van der Waals surface area contributed by atoms with E-state index in [2.05, 4.69) is 467 Å². The van der Waals surface area contributed by atoms with Crippen LogP contribution in [0.4, 0.5) is 0 Å². The van der Waals surface area contributed by atoms with Crippen LogP contribution in [-0.2, 0) is 0 Å². The van der Waals surface area contributed by atoms with Gasteiger partial charge in [0, 0.05) is 76.4 Å². The number of aromatic nitrogens is 8. The molecule has 586 valence electrons. The van der Waals surface area contributed by atoms with E-state index in [1.54, 1.807) is 0 Å². The second-order valence-corrected chi connectivity index (χ2v) is 32.9. The van der Waals surface area contributed by atoms with Gasteiger partial charge in [-0.15, -0.1) is 0 Å². The Balaban J connectivity index is 0.000000137. The van der Waals surface area contributed by atoms with E-state index in [4.69, 9.17) is 19.9 Å². The second-order valence-electron chi connectivity index (χ2n) is 32.9. The van der Waals surface area contributed by atoms with Crippen molar-refractivity contribution in [3.05, 3.63) is 449 Å². The van der Waals surface area contributed by atoms with Crippen LogP contribution < -0.4 is 0 Å². The Morgan fingerprint density at radius 1 is 0.135 bits per heavy atom. The molecule has 0 radical (unpaired) electrons. The first kappa shape index (κ1) is 71.9. The summed E-state index contributed by atoms with van der Waals surface area (Å²) in [5.41, 5.74) is 26.1. The van der Waals surface area contributed by atoms with Crippen molar-refractivity contribution in [3.8, 4) is 102 Å². The molecule has 0 fully saturated rings. The topological polar surface area (TPSA) is 71.3 Å². The zero-order valence-corrected chi connectivity index (χ0v) is 68.3. The summed E-state index contributed by atoms with van der Waals surface area (Å²) >= 11 is 0. The van der Waals surface area contributed by atoms with E-state index in [0.717, 1.165) is 105 Å². The van der Waals surface area contributed by atoms with E-state index < -0.39 is 0 Å². The molecule has 6 heterocycles. The maximum Gasteiger partial charge on any atom is 0.235 e. The number of benzene rings is 20. The van der Waals surface area contributed by atoms with Crippen LogP contribution in [0.5, 0.6) is 0 Å².